The largest absolute Gasteiger partial charge is 0.393 e. The molecule has 2 rings (SSSR count). The van der Waals surface area contributed by atoms with Gasteiger partial charge >= 0.3 is 0 Å². The topological polar surface area (TPSA) is 58.3 Å². The van der Waals surface area contributed by atoms with E-state index < -0.39 is 6.10 Å². The van der Waals surface area contributed by atoms with Gasteiger partial charge in [0, 0.05) is 25.0 Å². The monoisotopic (exact) mass is 252 g/mol. The van der Waals surface area contributed by atoms with Gasteiger partial charge in [0.05, 0.1) is 16.9 Å². The third-order valence-corrected chi connectivity index (χ3v) is 4.80. The summed E-state index contributed by atoms with van der Waals surface area (Å²) < 4.78 is 0. The lowest BCUT2D eigenvalue weighted by Crippen LogP contribution is -2.58. The first-order valence-electron chi connectivity index (χ1n) is 5.52. The van der Waals surface area contributed by atoms with E-state index in [9.17, 15) is 5.11 Å². The highest BCUT2D eigenvalue weighted by Crippen LogP contribution is 2.35. The molecule has 0 aromatic rings. The van der Waals surface area contributed by atoms with Crippen LogP contribution in [-0.4, -0.2) is 41.1 Å². The molecule has 0 amide bonds. The Bertz CT molecular complexity index is 225. The molecule has 0 radical (unpaired) electrons. The van der Waals surface area contributed by atoms with E-state index >= 15 is 0 Å². The average molecular weight is 253 g/mol. The smallest absolute Gasteiger partial charge is 0.0598 e. The van der Waals surface area contributed by atoms with Crippen LogP contribution in [0.5, 0.6) is 0 Å². The second kappa shape index (κ2) is 4.76. The maximum atomic E-state index is 9.95. The van der Waals surface area contributed by atoms with Gasteiger partial charge in [-0.25, -0.2) is 0 Å². The predicted octanol–water partition coefficient (Wildman–Crippen LogP) is 0.519. The quantitative estimate of drug-likeness (QED) is 0.629. The number of hydrogen-bond acceptors (Lipinski definition) is 3. The maximum absolute atomic E-state index is 9.95. The molecular formula is C10H18Cl2N2O. The molecule has 2 aliphatic rings. The number of rotatable bonds is 2. The SMILES string of the molecule is NC(C1CNC1)C1CC(Cl)C(Cl)CC1O. The van der Waals surface area contributed by atoms with E-state index in [-0.39, 0.29) is 22.7 Å². The summed E-state index contributed by atoms with van der Waals surface area (Å²) in [5.41, 5.74) is 6.15. The van der Waals surface area contributed by atoms with Gasteiger partial charge in [0.15, 0.2) is 0 Å². The van der Waals surface area contributed by atoms with Crippen LogP contribution in [0.25, 0.3) is 0 Å². The molecule has 5 heteroatoms. The first kappa shape index (κ1) is 11.9. The van der Waals surface area contributed by atoms with Gasteiger partial charge in [0.2, 0.25) is 0 Å². The minimum Gasteiger partial charge on any atom is -0.393 e. The van der Waals surface area contributed by atoms with E-state index in [2.05, 4.69) is 5.32 Å². The van der Waals surface area contributed by atoms with Crippen LogP contribution in [0.3, 0.4) is 0 Å². The van der Waals surface area contributed by atoms with E-state index in [0.29, 0.717) is 12.3 Å². The van der Waals surface area contributed by atoms with Crippen LogP contribution in [-0.2, 0) is 0 Å². The Hall–Kier alpha value is 0.460. The Kier molecular flexibility index (Phi) is 3.79. The van der Waals surface area contributed by atoms with Crippen molar-refractivity contribution in [3.63, 3.8) is 0 Å². The number of nitrogens with two attached hydrogens (primary N) is 1. The van der Waals surface area contributed by atoms with Gasteiger partial charge in [-0.3, -0.25) is 0 Å². The van der Waals surface area contributed by atoms with Gasteiger partial charge in [0.1, 0.15) is 0 Å². The average Bonchev–Trinajstić information content (AvgIpc) is 2.08. The van der Waals surface area contributed by atoms with Crippen molar-refractivity contribution in [1.82, 2.24) is 5.32 Å². The maximum Gasteiger partial charge on any atom is 0.0598 e. The molecule has 2 fully saturated rings. The zero-order valence-corrected chi connectivity index (χ0v) is 10.1. The molecule has 3 nitrogen and oxygen atoms in total. The number of alkyl halides is 2. The van der Waals surface area contributed by atoms with Crippen molar-refractivity contribution in [1.29, 1.82) is 0 Å². The molecule has 1 aliphatic carbocycles. The Labute approximate surface area is 100 Å². The van der Waals surface area contributed by atoms with Crippen LogP contribution < -0.4 is 11.1 Å². The van der Waals surface area contributed by atoms with Crippen LogP contribution in [0.15, 0.2) is 0 Å². The number of halogens is 2. The summed E-state index contributed by atoms with van der Waals surface area (Å²) in [6, 6.07) is 0.0478. The molecule has 1 saturated carbocycles. The zero-order chi connectivity index (χ0) is 11.0. The van der Waals surface area contributed by atoms with Crippen LogP contribution in [0, 0.1) is 11.8 Å². The summed E-state index contributed by atoms with van der Waals surface area (Å²) in [5.74, 6) is 0.593. The summed E-state index contributed by atoms with van der Waals surface area (Å²) in [4.78, 5) is 0. The van der Waals surface area contributed by atoms with Crippen LogP contribution >= 0.6 is 23.2 Å². The fraction of sp³-hybridized carbons (Fsp3) is 1.00. The molecule has 0 bridgehead atoms. The van der Waals surface area contributed by atoms with Crippen molar-refractivity contribution in [3.05, 3.63) is 0 Å². The van der Waals surface area contributed by atoms with E-state index in [4.69, 9.17) is 28.9 Å². The highest BCUT2D eigenvalue weighted by molar-refractivity contribution is 6.30. The highest BCUT2D eigenvalue weighted by atomic mass is 35.5. The molecule has 15 heavy (non-hydrogen) atoms. The molecule has 88 valence electrons. The second-order valence-corrected chi connectivity index (χ2v) is 5.85. The standard InChI is InChI=1S/C10H18Cl2N2O/c11-7-1-6(9(15)2-8(7)12)10(13)5-3-14-4-5/h5-10,14-15H,1-4,13H2. The van der Waals surface area contributed by atoms with Crippen molar-refractivity contribution in [2.45, 2.75) is 35.7 Å². The normalized spacial score (nSPS) is 44.8. The van der Waals surface area contributed by atoms with Crippen LogP contribution in [0.4, 0.5) is 0 Å². The molecule has 1 saturated heterocycles. The van der Waals surface area contributed by atoms with Crippen LogP contribution in [0.2, 0.25) is 0 Å². The lowest BCUT2D eigenvalue weighted by Gasteiger charge is -2.42. The number of hydrogen-bond donors (Lipinski definition) is 3. The lowest BCUT2D eigenvalue weighted by atomic mass is 9.75. The minimum atomic E-state index is -0.391. The van der Waals surface area contributed by atoms with Gasteiger partial charge in [-0.05, 0) is 18.8 Å². The van der Waals surface area contributed by atoms with Gasteiger partial charge in [-0.1, -0.05) is 0 Å². The number of aliphatic hydroxyl groups is 1. The minimum absolute atomic E-state index is 0.0478. The zero-order valence-electron chi connectivity index (χ0n) is 8.57. The Morgan fingerprint density at radius 3 is 2.33 bits per heavy atom. The van der Waals surface area contributed by atoms with Gasteiger partial charge in [-0.2, -0.15) is 0 Å². The molecule has 5 unspecified atom stereocenters. The summed E-state index contributed by atoms with van der Waals surface area (Å²) in [6.45, 7) is 1.92. The fourth-order valence-electron chi connectivity index (χ4n) is 2.46. The predicted molar refractivity (Wildman–Crippen MR) is 62.3 cm³/mol. The Morgan fingerprint density at radius 2 is 1.80 bits per heavy atom. The van der Waals surface area contributed by atoms with Crippen molar-refractivity contribution < 1.29 is 5.11 Å². The van der Waals surface area contributed by atoms with Crippen LogP contribution in [0.1, 0.15) is 12.8 Å². The highest BCUT2D eigenvalue weighted by Gasteiger charge is 2.40. The molecule has 1 heterocycles. The number of aliphatic hydroxyl groups excluding tert-OH is 1. The van der Waals surface area contributed by atoms with Crippen molar-refractivity contribution in [3.8, 4) is 0 Å². The molecular weight excluding hydrogens is 235 g/mol. The number of nitrogens with one attached hydrogen (secondary N) is 1. The molecule has 0 aromatic carbocycles. The van der Waals surface area contributed by atoms with E-state index in [1.165, 1.54) is 0 Å². The first-order valence-corrected chi connectivity index (χ1v) is 6.39. The third kappa shape index (κ3) is 2.42. The lowest BCUT2D eigenvalue weighted by molar-refractivity contribution is 0.0396. The Balaban J connectivity index is 1.95. The molecule has 0 spiro atoms. The first-order chi connectivity index (χ1) is 7.09. The van der Waals surface area contributed by atoms with Gasteiger partial charge in [-0.15, -0.1) is 23.2 Å². The molecule has 4 N–H and O–H groups in total. The third-order valence-electron chi connectivity index (χ3n) is 3.70. The van der Waals surface area contributed by atoms with Crippen molar-refractivity contribution >= 4 is 23.2 Å². The second-order valence-electron chi connectivity index (χ2n) is 4.73. The van der Waals surface area contributed by atoms with Gasteiger partial charge in [0.25, 0.3) is 0 Å². The molecule has 5 atom stereocenters. The van der Waals surface area contributed by atoms with Gasteiger partial charge < -0.3 is 16.2 Å². The summed E-state index contributed by atoms with van der Waals surface area (Å²) in [7, 11) is 0. The molecule has 0 aromatic heterocycles. The van der Waals surface area contributed by atoms with Crippen molar-refractivity contribution in [2.75, 3.05) is 13.1 Å². The molecule has 1 aliphatic heterocycles. The summed E-state index contributed by atoms with van der Waals surface area (Å²) >= 11 is 12.1. The van der Waals surface area contributed by atoms with E-state index in [0.717, 1.165) is 19.5 Å². The summed E-state index contributed by atoms with van der Waals surface area (Å²) in [5, 5.41) is 13.0. The van der Waals surface area contributed by atoms with E-state index in [1.807, 2.05) is 0 Å². The summed E-state index contributed by atoms with van der Waals surface area (Å²) in [6.07, 6.45) is 0.904. The fourth-order valence-corrected chi connectivity index (χ4v) is 3.06. The van der Waals surface area contributed by atoms with E-state index in [1.54, 1.807) is 0 Å². The Morgan fingerprint density at radius 1 is 1.20 bits per heavy atom. The van der Waals surface area contributed by atoms with Crippen molar-refractivity contribution in [2.24, 2.45) is 17.6 Å².